The summed E-state index contributed by atoms with van der Waals surface area (Å²) < 4.78 is 12.3. The summed E-state index contributed by atoms with van der Waals surface area (Å²) in [6.45, 7) is 12.7. The van der Waals surface area contributed by atoms with E-state index < -0.39 is 8.32 Å². The molecule has 0 amide bonds. The third kappa shape index (κ3) is 3.14. The molecule has 0 fully saturated rings. The number of ether oxygens (including phenoxy) is 1. The Labute approximate surface area is 154 Å². The maximum absolute atomic E-state index is 11.4. The Kier molecular flexibility index (Phi) is 4.22. The van der Waals surface area contributed by atoms with Crippen molar-refractivity contribution >= 4 is 25.4 Å². The van der Waals surface area contributed by atoms with Crippen molar-refractivity contribution in [1.82, 2.24) is 0 Å². The fourth-order valence-corrected chi connectivity index (χ4v) is 3.60. The number of nitro groups is 1. The first kappa shape index (κ1) is 18.3. The number of nitro benzene ring substituents is 1. The number of hydrogen-bond donors (Lipinski definition) is 1. The van der Waals surface area contributed by atoms with E-state index in [2.05, 4.69) is 39.2 Å². The van der Waals surface area contributed by atoms with Crippen LogP contribution in [0.5, 0.6) is 17.2 Å². The molecule has 138 valence electrons. The van der Waals surface area contributed by atoms with Crippen molar-refractivity contribution in [3.63, 3.8) is 0 Å². The van der Waals surface area contributed by atoms with Gasteiger partial charge in [-0.15, -0.1) is 0 Å². The van der Waals surface area contributed by atoms with E-state index in [9.17, 15) is 10.1 Å². The molecule has 2 aromatic rings. The number of hydrogen-bond acceptors (Lipinski definition) is 5. The summed E-state index contributed by atoms with van der Waals surface area (Å²) >= 11 is 0. The van der Waals surface area contributed by atoms with Crippen LogP contribution in [-0.4, -0.2) is 13.2 Å². The van der Waals surface area contributed by atoms with Crippen molar-refractivity contribution in [2.24, 2.45) is 0 Å². The van der Waals surface area contributed by atoms with Crippen LogP contribution in [0, 0.1) is 17.0 Å². The van der Waals surface area contributed by atoms with Crippen molar-refractivity contribution in [1.29, 1.82) is 0 Å². The van der Waals surface area contributed by atoms with E-state index in [1.165, 1.54) is 0 Å². The molecule has 2 aromatic carbocycles. The van der Waals surface area contributed by atoms with Gasteiger partial charge in [0.2, 0.25) is 8.32 Å². The van der Waals surface area contributed by atoms with Gasteiger partial charge in [-0.25, -0.2) is 0 Å². The predicted octanol–water partition coefficient (Wildman–Crippen LogP) is 6.14. The molecule has 1 aliphatic heterocycles. The zero-order valence-electron chi connectivity index (χ0n) is 16.0. The molecule has 3 rings (SSSR count). The van der Waals surface area contributed by atoms with E-state index in [1.807, 2.05) is 18.2 Å². The summed E-state index contributed by atoms with van der Waals surface area (Å²) in [7, 11) is -1.96. The van der Waals surface area contributed by atoms with Gasteiger partial charge in [-0.05, 0) is 49.3 Å². The van der Waals surface area contributed by atoms with Crippen LogP contribution in [0.4, 0.5) is 17.1 Å². The molecule has 26 heavy (non-hydrogen) atoms. The molecule has 1 N–H and O–H groups in total. The molecule has 0 aliphatic carbocycles. The third-order valence-electron chi connectivity index (χ3n) is 5.14. The smallest absolute Gasteiger partial charge is 0.299 e. The molecule has 0 aromatic heterocycles. The average molecular weight is 372 g/mol. The van der Waals surface area contributed by atoms with Crippen LogP contribution in [-0.2, 0) is 0 Å². The zero-order valence-corrected chi connectivity index (χ0v) is 17.0. The Morgan fingerprint density at radius 2 is 1.85 bits per heavy atom. The van der Waals surface area contributed by atoms with Crippen molar-refractivity contribution < 1.29 is 14.1 Å². The van der Waals surface area contributed by atoms with Crippen LogP contribution >= 0.6 is 0 Å². The Morgan fingerprint density at radius 3 is 2.46 bits per heavy atom. The lowest BCUT2D eigenvalue weighted by Crippen LogP contribution is -2.43. The molecule has 1 heterocycles. The van der Waals surface area contributed by atoms with Crippen LogP contribution in [0.25, 0.3) is 0 Å². The normalized spacial score (nSPS) is 13.2. The highest BCUT2D eigenvalue weighted by molar-refractivity contribution is 6.74. The van der Waals surface area contributed by atoms with E-state index in [0.717, 1.165) is 5.75 Å². The van der Waals surface area contributed by atoms with Gasteiger partial charge in [0.25, 0.3) is 5.69 Å². The van der Waals surface area contributed by atoms with Gasteiger partial charge < -0.3 is 14.5 Å². The number of nitrogens with zero attached hydrogens (tertiary/aromatic N) is 1. The maximum atomic E-state index is 11.4. The molecule has 0 saturated carbocycles. The molecular weight excluding hydrogens is 348 g/mol. The van der Waals surface area contributed by atoms with Crippen LogP contribution < -0.4 is 14.5 Å². The second kappa shape index (κ2) is 6.02. The minimum atomic E-state index is -1.96. The van der Waals surface area contributed by atoms with Crippen LogP contribution in [0.2, 0.25) is 18.1 Å². The highest BCUT2D eigenvalue weighted by Gasteiger charge is 2.39. The van der Waals surface area contributed by atoms with E-state index >= 15 is 0 Å². The van der Waals surface area contributed by atoms with Gasteiger partial charge in [0.05, 0.1) is 10.6 Å². The average Bonchev–Trinajstić information content (AvgIpc) is 2.51. The first-order valence-electron chi connectivity index (χ1n) is 8.55. The summed E-state index contributed by atoms with van der Waals surface area (Å²) in [6.07, 6.45) is 0. The monoisotopic (exact) mass is 372 g/mol. The summed E-state index contributed by atoms with van der Waals surface area (Å²) in [5.41, 5.74) is 1.70. The van der Waals surface area contributed by atoms with Gasteiger partial charge in [-0.3, -0.25) is 10.1 Å². The first-order chi connectivity index (χ1) is 12.0. The maximum Gasteiger partial charge on any atom is 0.299 e. The van der Waals surface area contributed by atoms with Gasteiger partial charge >= 0.3 is 0 Å². The van der Waals surface area contributed by atoms with Crippen molar-refractivity contribution in [3.8, 4) is 17.2 Å². The molecule has 1 aliphatic rings. The lowest BCUT2D eigenvalue weighted by atomic mass is 10.1. The van der Waals surface area contributed by atoms with Crippen molar-refractivity contribution in [2.45, 2.75) is 45.8 Å². The van der Waals surface area contributed by atoms with Crippen LogP contribution in [0.1, 0.15) is 26.3 Å². The quantitative estimate of drug-likeness (QED) is 0.340. The SMILES string of the molecule is Cc1ccc2c(c1[N+](=O)[O-])Nc1ccc(O[Si](C)(C)C(C)(C)C)cc1O2. The Balaban J connectivity index is 1.95. The molecule has 0 spiro atoms. The molecule has 0 saturated heterocycles. The van der Waals surface area contributed by atoms with Crippen molar-refractivity contribution in [3.05, 3.63) is 46.0 Å². The molecule has 0 bridgehead atoms. The number of benzene rings is 2. The molecule has 0 atom stereocenters. The Hall–Kier alpha value is -2.54. The van der Waals surface area contributed by atoms with Gasteiger partial charge in [0, 0.05) is 11.6 Å². The second-order valence-corrected chi connectivity index (χ2v) is 12.8. The molecule has 0 radical (unpaired) electrons. The van der Waals surface area contributed by atoms with Gasteiger partial charge in [0.1, 0.15) is 5.75 Å². The fraction of sp³-hybridized carbons (Fsp3) is 0.368. The summed E-state index contributed by atoms with van der Waals surface area (Å²) in [4.78, 5) is 11.0. The van der Waals surface area contributed by atoms with Crippen LogP contribution in [0.3, 0.4) is 0 Å². The number of aryl methyl sites for hydroxylation is 1. The predicted molar refractivity (Wildman–Crippen MR) is 105 cm³/mol. The first-order valence-corrected chi connectivity index (χ1v) is 11.5. The van der Waals surface area contributed by atoms with E-state index in [4.69, 9.17) is 9.16 Å². The topological polar surface area (TPSA) is 73.6 Å². The Morgan fingerprint density at radius 1 is 1.15 bits per heavy atom. The number of rotatable bonds is 3. The fourth-order valence-electron chi connectivity index (χ4n) is 2.57. The minimum absolute atomic E-state index is 0.0368. The van der Waals surface area contributed by atoms with E-state index in [0.29, 0.717) is 28.4 Å². The van der Waals surface area contributed by atoms with Crippen molar-refractivity contribution in [2.75, 3.05) is 5.32 Å². The number of nitrogens with one attached hydrogen (secondary N) is 1. The molecular formula is C19H24N2O4Si. The zero-order chi connectivity index (χ0) is 19.3. The number of fused-ring (bicyclic) bond motifs is 2. The highest BCUT2D eigenvalue weighted by Crippen LogP contribution is 2.48. The molecule has 0 unspecified atom stereocenters. The van der Waals surface area contributed by atoms with Crippen LogP contribution in [0.15, 0.2) is 30.3 Å². The van der Waals surface area contributed by atoms with Gasteiger partial charge in [-0.2, -0.15) is 0 Å². The van der Waals surface area contributed by atoms with Gasteiger partial charge in [-0.1, -0.05) is 20.8 Å². The lowest BCUT2D eigenvalue weighted by molar-refractivity contribution is -0.384. The second-order valence-electron chi connectivity index (χ2n) is 8.11. The molecule has 7 heteroatoms. The summed E-state index contributed by atoms with van der Waals surface area (Å²) in [6, 6.07) is 9.00. The lowest BCUT2D eigenvalue weighted by Gasteiger charge is -2.36. The van der Waals surface area contributed by atoms with E-state index in [1.54, 1.807) is 19.1 Å². The van der Waals surface area contributed by atoms with E-state index in [-0.39, 0.29) is 15.6 Å². The number of anilines is 2. The minimum Gasteiger partial charge on any atom is -0.543 e. The molecule has 6 nitrogen and oxygen atoms in total. The van der Waals surface area contributed by atoms with Gasteiger partial charge in [0.15, 0.2) is 17.2 Å². The largest absolute Gasteiger partial charge is 0.543 e. The third-order valence-corrected chi connectivity index (χ3v) is 9.49. The summed E-state index contributed by atoms with van der Waals surface area (Å²) in [5, 5.41) is 14.6. The summed E-state index contributed by atoms with van der Waals surface area (Å²) in [5.74, 6) is 1.80. The highest BCUT2D eigenvalue weighted by atomic mass is 28.4. The standard InChI is InChI=1S/C19H24N2O4Si/c1-12-7-10-15-17(18(12)21(22)23)20-14-9-8-13(11-16(14)24-15)25-26(5,6)19(2,3)4/h7-11,20H,1-6H3. The Bertz CT molecular complexity index is 888.